The van der Waals surface area contributed by atoms with Gasteiger partial charge in [-0.15, -0.1) is 0 Å². The molecule has 0 aromatic carbocycles. The highest BCUT2D eigenvalue weighted by Gasteiger charge is 2.54. The van der Waals surface area contributed by atoms with Crippen LogP contribution in [-0.2, 0) is 33.2 Å². The molecule has 19 nitrogen and oxygen atoms in total. The molecular weight excluding hydrogens is 1330 g/mol. The molecule has 17 atom stereocenters. The molecule has 12 N–H and O–H groups in total. The van der Waals surface area contributed by atoms with E-state index in [9.17, 15) is 61.0 Å². The molecule has 0 bridgehead atoms. The summed E-state index contributed by atoms with van der Waals surface area (Å²) in [6.07, 6.45) is 62.5. The summed E-state index contributed by atoms with van der Waals surface area (Å²) in [6.45, 7) is 1.64. The van der Waals surface area contributed by atoms with E-state index in [1.54, 1.807) is 6.08 Å². The van der Waals surface area contributed by atoms with Gasteiger partial charge in [-0.2, -0.15) is 0 Å². The van der Waals surface area contributed by atoms with Crippen molar-refractivity contribution in [1.82, 2.24) is 5.32 Å². The lowest BCUT2D eigenvalue weighted by Gasteiger charge is -2.48. The molecule has 3 rings (SSSR count). The number of aliphatic hydroxyl groups excluding tert-OH is 11. The summed E-state index contributed by atoms with van der Waals surface area (Å²) in [6, 6.07) is -0.989. The maximum Gasteiger partial charge on any atom is 0.220 e. The monoisotopic (exact) mass is 1490 g/mol. The van der Waals surface area contributed by atoms with Gasteiger partial charge in [-0.05, 0) is 77.0 Å². The van der Waals surface area contributed by atoms with Crippen molar-refractivity contribution in [2.24, 2.45) is 0 Å². The lowest BCUT2D eigenvalue weighted by molar-refractivity contribution is -0.379. The van der Waals surface area contributed by atoms with Gasteiger partial charge in [0, 0.05) is 6.42 Å². The van der Waals surface area contributed by atoms with E-state index in [4.69, 9.17) is 28.4 Å². The summed E-state index contributed by atoms with van der Waals surface area (Å²) in [5.74, 6) is -0.287. The average Bonchev–Trinajstić information content (AvgIpc) is 0.781. The van der Waals surface area contributed by atoms with Crippen LogP contribution in [0.25, 0.3) is 0 Å². The van der Waals surface area contributed by atoms with E-state index in [1.165, 1.54) is 167 Å². The first-order chi connectivity index (χ1) is 51.3. The van der Waals surface area contributed by atoms with E-state index in [-0.39, 0.29) is 18.9 Å². The van der Waals surface area contributed by atoms with Gasteiger partial charge in [0.25, 0.3) is 0 Å². The molecule has 0 aliphatic carbocycles. The van der Waals surface area contributed by atoms with Crippen LogP contribution in [0, 0.1) is 0 Å². The molecule has 3 saturated heterocycles. The van der Waals surface area contributed by atoms with Crippen LogP contribution in [0.5, 0.6) is 0 Å². The molecule has 3 fully saturated rings. The minimum absolute atomic E-state index is 0.225. The zero-order valence-corrected chi connectivity index (χ0v) is 65.2. The van der Waals surface area contributed by atoms with Crippen molar-refractivity contribution in [3.63, 3.8) is 0 Å². The molecular formula is C86H151NO18. The second-order valence-corrected chi connectivity index (χ2v) is 29.6. The van der Waals surface area contributed by atoms with Crippen molar-refractivity contribution in [1.29, 1.82) is 0 Å². The Bertz CT molecular complexity index is 2270. The topological polar surface area (TPSA) is 307 Å². The van der Waals surface area contributed by atoms with Gasteiger partial charge in [0.15, 0.2) is 18.9 Å². The standard InChI is InChI=1S/C86H151NO18/c1-3-5-7-9-11-13-15-17-19-21-23-25-27-29-31-33-34-36-37-39-41-43-45-47-49-51-53-55-57-59-61-63-70(91)69(87-74(92)64-62-60-58-56-54-52-50-48-46-44-42-40-38-35-32-30-28-26-24-22-20-18-16-14-12-10-8-6-4-2)68-100-84-80(98)77(95)82(72(66-89)102-84)105-86-81(99)78(96)83(73(67-90)103-86)104-85-79(97)76(94)75(93)71(65-88)101-85/h6,8,12,14,18,20,24,26,30,32,38,40,44,46,61,63,69-73,75-86,88-91,93-99H,3-5,7,9-11,13,15-17,19,21-23,25,27-29,31,33-37,39,41-43,45,47-60,62,64-68H2,1-2H3,(H,87,92)/b8-6-,14-12-,20-18-,26-24-,32-30-,40-38-,46-44-,63-61+. The molecule has 0 aromatic heterocycles. The van der Waals surface area contributed by atoms with Gasteiger partial charge in [0.1, 0.15) is 73.2 Å². The third-order valence-electron chi connectivity index (χ3n) is 20.4. The Morgan fingerprint density at radius 3 is 1.03 bits per heavy atom. The molecule has 0 radical (unpaired) electrons. The summed E-state index contributed by atoms with van der Waals surface area (Å²) in [4.78, 5) is 13.5. The van der Waals surface area contributed by atoms with E-state index in [0.29, 0.717) is 6.42 Å². The lowest BCUT2D eigenvalue weighted by Crippen LogP contribution is -2.66. The Balaban J connectivity index is 1.38. The third kappa shape index (κ3) is 45.0. The normalized spacial score (nSPS) is 26.3. The summed E-state index contributed by atoms with van der Waals surface area (Å²) >= 11 is 0. The van der Waals surface area contributed by atoms with Crippen molar-refractivity contribution in [2.75, 3.05) is 26.4 Å². The lowest BCUT2D eigenvalue weighted by atomic mass is 9.96. The van der Waals surface area contributed by atoms with E-state index in [0.717, 1.165) is 116 Å². The third-order valence-corrected chi connectivity index (χ3v) is 20.4. The maximum atomic E-state index is 13.5. The summed E-state index contributed by atoms with van der Waals surface area (Å²) in [5.41, 5.74) is 0. The predicted octanol–water partition coefficient (Wildman–Crippen LogP) is 14.7. The fraction of sp³-hybridized carbons (Fsp3) is 0.802. The first kappa shape index (κ1) is 95.9. The number of allylic oxidation sites excluding steroid dienone is 15. The highest BCUT2D eigenvalue weighted by atomic mass is 16.8. The van der Waals surface area contributed by atoms with Gasteiger partial charge in [-0.25, -0.2) is 0 Å². The van der Waals surface area contributed by atoms with Crippen LogP contribution in [0.1, 0.15) is 309 Å². The molecule has 0 spiro atoms. The van der Waals surface area contributed by atoms with Crippen LogP contribution in [-0.4, -0.2) is 193 Å². The van der Waals surface area contributed by atoms with Crippen LogP contribution in [0.2, 0.25) is 0 Å². The first-order valence-corrected chi connectivity index (χ1v) is 42.0. The Labute approximate surface area is 634 Å². The molecule has 1 amide bonds. The molecule has 608 valence electrons. The number of carbonyl (C=O) groups is 1. The molecule has 0 aromatic rings. The second-order valence-electron chi connectivity index (χ2n) is 29.6. The highest BCUT2D eigenvalue weighted by Crippen LogP contribution is 2.33. The second kappa shape index (κ2) is 65.4. The zero-order chi connectivity index (χ0) is 76.0. The smallest absolute Gasteiger partial charge is 0.220 e. The van der Waals surface area contributed by atoms with Gasteiger partial charge < -0.3 is 89.9 Å². The number of hydrogen-bond donors (Lipinski definition) is 12. The van der Waals surface area contributed by atoms with Gasteiger partial charge in [0.05, 0.1) is 38.6 Å². The number of unbranched alkanes of at least 4 members (excludes halogenated alkanes) is 36. The largest absolute Gasteiger partial charge is 0.394 e. The van der Waals surface area contributed by atoms with Crippen molar-refractivity contribution in [3.8, 4) is 0 Å². The summed E-state index contributed by atoms with van der Waals surface area (Å²) in [7, 11) is 0. The summed E-state index contributed by atoms with van der Waals surface area (Å²) < 4.78 is 34.5. The number of ether oxygens (including phenoxy) is 6. The van der Waals surface area contributed by atoms with Gasteiger partial charge >= 0.3 is 0 Å². The van der Waals surface area contributed by atoms with Crippen LogP contribution < -0.4 is 5.32 Å². The first-order valence-electron chi connectivity index (χ1n) is 42.0. The maximum absolute atomic E-state index is 13.5. The molecule has 0 saturated carbocycles. The molecule has 105 heavy (non-hydrogen) atoms. The van der Waals surface area contributed by atoms with Crippen LogP contribution in [0.4, 0.5) is 0 Å². The predicted molar refractivity (Wildman–Crippen MR) is 420 cm³/mol. The Kier molecular flexibility index (Phi) is 59.8. The molecule has 19 heteroatoms. The molecule has 17 unspecified atom stereocenters. The average molecular weight is 1490 g/mol. The fourth-order valence-electron chi connectivity index (χ4n) is 13.7. The number of aliphatic hydroxyl groups is 11. The van der Waals surface area contributed by atoms with Crippen LogP contribution in [0.3, 0.4) is 0 Å². The molecule has 3 heterocycles. The van der Waals surface area contributed by atoms with E-state index in [2.05, 4.69) is 104 Å². The molecule has 3 aliphatic rings. The number of carbonyl (C=O) groups excluding carboxylic acids is 1. The number of hydrogen-bond acceptors (Lipinski definition) is 18. The highest BCUT2D eigenvalue weighted by molar-refractivity contribution is 5.76. The van der Waals surface area contributed by atoms with Gasteiger partial charge in [-0.1, -0.05) is 323 Å². The van der Waals surface area contributed by atoms with Crippen molar-refractivity contribution < 1.29 is 89.4 Å². The molecule has 3 aliphatic heterocycles. The van der Waals surface area contributed by atoms with Crippen molar-refractivity contribution in [2.45, 2.75) is 413 Å². The van der Waals surface area contributed by atoms with Crippen LogP contribution in [0.15, 0.2) is 97.2 Å². The van der Waals surface area contributed by atoms with Gasteiger partial charge in [0.2, 0.25) is 5.91 Å². The SMILES string of the molecule is CC/C=C\C/C=C\C/C=C\C/C=C\C/C=C\C/C=C\C/C=C\CCCCCCCCCC(=O)NC(COC1OC(CO)C(OC2OC(CO)C(OC3OC(CO)C(O)C(O)C3O)C(O)C2O)C(O)C1O)C(O)/C=C/CCCCCCCCCCCCCCCCCCCCCCCCCCCCCCC. The van der Waals surface area contributed by atoms with E-state index in [1.807, 2.05) is 6.08 Å². The minimum Gasteiger partial charge on any atom is -0.394 e. The van der Waals surface area contributed by atoms with Crippen molar-refractivity contribution >= 4 is 5.91 Å². The number of rotatable bonds is 66. The van der Waals surface area contributed by atoms with E-state index < -0.39 is 124 Å². The number of nitrogens with one attached hydrogen (secondary N) is 1. The van der Waals surface area contributed by atoms with Gasteiger partial charge in [-0.3, -0.25) is 4.79 Å². The van der Waals surface area contributed by atoms with Crippen LogP contribution >= 0.6 is 0 Å². The Morgan fingerprint density at radius 2 is 0.657 bits per heavy atom. The Morgan fingerprint density at radius 1 is 0.352 bits per heavy atom. The zero-order valence-electron chi connectivity index (χ0n) is 65.2. The van der Waals surface area contributed by atoms with E-state index >= 15 is 0 Å². The quantitative estimate of drug-likeness (QED) is 0.0199. The van der Waals surface area contributed by atoms with Crippen molar-refractivity contribution in [3.05, 3.63) is 97.2 Å². The number of amides is 1. The minimum atomic E-state index is -1.99. The Hall–Kier alpha value is -3.29. The fourth-order valence-corrected chi connectivity index (χ4v) is 13.7. The summed E-state index contributed by atoms with van der Waals surface area (Å²) in [5, 5.41) is 121.